The van der Waals surface area contributed by atoms with Crippen molar-refractivity contribution in [2.45, 2.75) is 57.8 Å². The number of ether oxygens (including phenoxy) is 3. The van der Waals surface area contributed by atoms with Gasteiger partial charge in [-0.25, -0.2) is 9.59 Å². The van der Waals surface area contributed by atoms with Crippen LogP contribution in [0.2, 0.25) is 0 Å². The molecule has 1 aliphatic heterocycles. The zero-order valence-electron chi connectivity index (χ0n) is 19.6. The van der Waals surface area contributed by atoms with Crippen molar-refractivity contribution in [2.75, 3.05) is 26.3 Å². The lowest BCUT2D eigenvalue weighted by Crippen LogP contribution is -2.40. The van der Waals surface area contributed by atoms with Crippen molar-refractivity contribution in [1.82, 2.24) is 4.90 Å². The Bertz CT molecular complexity index is 844. The van der Waals surface area contributed by atoms with E-state index in [1.165, 1.54) is 4.90 Å². The van der Waals surface area contributed by atoms with E-state index in [0.717, 1.165) is 5.56 Å². The van der Waals surface area contributed by atoms with Crippen molar-refractivity contribution in [3.05, 3.63) is 35.9 Å². The Morgan fingerprint density at radius 2 is 1.88 bits per heavy atom. The lowest BCUT2D eigenvalue weighted by molar-refractivity contribution is -0.180. The minimum Gasteiger partial charge on any atom is -0.463 e. The molecule has 2 N–H and O–H groups in total. The van der Waals surface area contributed by atoms with Gasteiger partial charge in [-0.3, -0.25) is 9.59 Å². The molecule has 1 aromatic rings. The molecular weight excluding hydrogens is 446 g/mol. The third-order valence-electron chi connectivity index (χ3n) is 5.50. The molecule has 0 saturated carbocycles. The van der Waals surface area contributed by atoms with Gasteiger partial charge in [0.05, 0.1) is 18.6 Å². The lowest BCUT2D eigenvalue weighted by Gasteiger charge is -2.31. The van der Waals surface area contributed by atoms with E-state index < -0.39 is 35.5 Å². The normalized spacial score (nSPS) is 18.2. The van der Waals surface area contributed by atoms with E-state index in [0.29, 0.717) is 12.8 Å². The number of aliphatic hydroxyl groups excluding tert-OH is 2. The average Bonchev–Trinajstić information content (AvgIpc) is 3.17. The van der Waals surface area contributed by atoms with Crippen LogP contribution in [0, 0.1) is 5.92 Å². The second-order valence-electron chi connectivity index (χ2n) is 8.60. The van der Waals surface area contributed by atoms with E-state index in [4.69, 9.17) is 19.3 Å². The summed E-state index contributed by atoms with van der Waals surface area (Å²) in [5.41, 5.74) is -0.453. The van der Waals surface area contributed by atoms with Gasteiger partial charge >= 0.3 is 17.9 Å². The number of hydrogen-bond acceptors (Lipinski definition) is 9. The number of benzene rings is 1. The molecule has 10 nitrogen and oxygen atoms in total. The summed E-state index contributed by atoms with van der Waals surface area (Å²) in [5.74, 6) is -3.81. The highest BCUT2D eigenvalue weighted by atomic mass is 16.6. The molecular formula is C24H33NO9. The molecule has 0 radical (unpaired) electrons. The second-order valence-corrected chi connectivity index (χ2v) is 8.60. The molecule has 0 bridgehead atoms. The van der Waals surface area contributed by atoms with Gasteiger partial charge in [-0.2, -0.15) is 0 Å². The zero-order valence-corrected chi connectivity index (χ0v) is 19.6. The SMILES string of the molecule is CCCC(C)(CC(O)COC(=O)C1CC(=O)N(CCO)C1)OC(=O)C(=O)OCc1ccccc1. The van der Waals surface area contributed by atoms with Gasteiger partial charge in [0.25, 0.3) is 0 Å². The Kier molecular flexibility index (Phi) is 10.5. The highest BCUT2D eigenvalue weighted by Gasteiger charge is 2.37. The lowest BCUT2D eigenvalue weighted by atomic mass is 9.93. The van der Waals surface area contributed by atoms with E-state index in [2.05, 4.69) is 0 Å². The Morgan fingerprint density at radius 3 is 2.53 bits per heavy atom. The number of β-amino-alcohol motifs (C(OH)–C–C–N with tert-alkyl or cyclic N) is 1. The quantitative estimate of drug-likeness (QED) is 0.255. The second kappa shape index (κ2) is 13.0. The summed E-state index contributed by atoms with van der Waals surface area (Å²) < 4.78 is 15.5. The Balaban J connectivity index is 1.83. The number of rotatable bonds is 12. The van der Waals surface area contributed by atoms with Crippen LogP contribution >= 0.6 is 0 Å². The predicted octanol–water partition coefficient (Wildman–Crippen LogP) is 0.967. The smallest absolute Gasteiger partial charge is 0.418 e. The van der Waals surface area contributed by atoms with E-state index in [1.54, 1.807) is 31.2 Å². The van der Waals surface area contributed by atoms with Gasteiger partial charge in [-0.1, -0.05) is 43.7 Å². The topological polar surface area (TPSA) is 140 Å². The third kappa shape index (κ3) is 8.42. The minimum atomic E-state index is -1.18. The Hall–Kier alpha value is -2.98. The zero-order chi connectivity index (χ0) is 25.1. The first-order valence-electron chi connectivity index (χ1n) is 11.3. The highest BCUT2D eigenvalue weighted by molar-refractivity contribution is 6.29. The van der Waals surface area contributed by atoms with Gasteiger partial charge in [0.2, 0.25) is 5.91 Å². The van der Waals surface area contributed by atoms with Crippen molar-refractivity contribution >= 4 is 23.8 Å². The van der Waals surface area contributed by atoms with Gasteiger partial charge in [0.15, 0.2) is 0 Å². The van der Waals surface area contributed by atoms with Crippen LogP contribution in [-0.4, -0.2) is 76.9 Å². The van der Waals surface area contributed by atoms with E-state index >= 15 is 0 Å². The van der Waals surface area contributed by atoms with Crippen LogP contribution in [0.25, 0.3) is 0 Å². The molecule has 1 amide bonds. The first kappa shape index (κ1) is 27.3. The molecule has 188 valence electrons. The molecule has 2 rings (SSSR count). The molecule has 34 heavy (non-hydrogen) atoms. The number of amides is 1. The maximum absolute atomic E-state index is 12.3. The van der Waals surface area contributed by atoms with Crippen LogP contribution in [0.3, 0.4) is 0 Å². The van der Waals surface area contributed by atoms with Crippen LogP contribution in [0.15, 0.2) is 30.3 Å². The molecule has 1 saturated heterocycles. The molecule has 0 aromatic heterocycles. The Labute approximate surface area is 198 Å². The van der Waals surface area contributed by atoms with Crippen LogP contribution < -0.4 is 0 Å². The average molecular weight is 480 g/mol. The van der Waals surface area contributed by atoms with E-state index in [1.807, 2.05) is 13.0 Å². The highest BCUT2D eigenvalue weighted by Crippen LogP contribution is 2.25. The summed E-state index contributed by atoms with van der Waals surface area (Å²) in [6, 6.07) is 8.89. The third-order valence-corrected chi connectivity index (χ3v) is 5.50. The summed E-state index contributed by atoms with van der Waals surface area (Å²) in [4.78, 5) is 49.8. The molecule has 1 fully saturated rings. The summed E-state index contributed by atoms with van der Waals surface area (Å²) >= 11 is 0. The Morgan fingerprint density at radius 1 is 1.18 bits per heavy atom. The number of aliphatic hydroxyl groups is 2. The molecule has 3 unspecified atom stereocenters. The van der Waals surface area contributed by atoms with Gasteiger partial charge in [0, 0.05) is 25.9 Å². The molecule has 0 spiro atoms. The van der Waals surface area contributed by atoms with Crippen molar-refractivity contribution in [2.24, 2.45) is 5.92 Å². The maximum atomic E-state index is 12.3. The number of esters is 3. The predicted molar refractivity (Wildman–Crippen MR) is 119 cm³/mol. The first-order chi connectivity index (χ1) is 16.2. The van der Waals surface area contributed by atoms with Crippen molar-refractivity contribution in [3.63, 3.8) is 0 Å². The largest absolute Gasteiger partial charge is 0.463 e. The summed E-state index contributed by atoms with van der Waals surface area (Å²) in [6.07, 6.45) is -0.250. The summed E-state index contributed by atoms with van der Waals surface area (Å²) in [5, 5.41) is 19.4. The minimum absolute atomic E-state index is 0.00875. The van der Waals surface area contributed by atoms with Crippen LogP contribution in [0.1, 0.15) is 45.1 Å². The van der Waals surface area contributed by atoms with Crippen molar-refractivity contribution < 1.29 is 43.6 Å². The van der Waals surface area contributed by atoms with E-state index in [-0.39, 0.29) is 51.7 Å². The van der Waals surface area contributed by atoms with Crippen LogP contribution in [-0.2, 0) is 40.0 Å². The molecule has 3 atom stereocenters. The maximum Gasteiger partial charge on any atom is 0.418 e. The fraction of sp³-hybridized carbons (Fsp3) is 0.583. The van der Waals surface area contributed by atoms with Gasteiger partial charge in [-0.05, 0) is 18.9 Å². The van der Waals surface area contributed by atoms with E-state index in [9.17, 15) is 24.3 Å². The molecule has 10 heteroatoms. The van der Waals surface area contributed by atoms with Gasteiger partial charge < -0.3 is 29.3 Å². The van der Waals surface area contributed by atoms with Crippen LogP contribution in [0.4, 0.5) is 0 Å². The molecule has 1 aliphatic rings. The van der Waals surface area contributed by atoms with Crippen molar-refractivity contribution in [1.29, 1.82) is 0 Å². The number of nitrogens with zero attached hydrogens (tertiary/aromatic N) is 1. The first-order valence-corrected chi connectivity index (χ1v) is 11.3. The van der Waals surface area contributed by atoms with Crippen LogP contribution in [0.5, 0.6) is 0 Å². The fourth-order valence-electron chi connectivity index (χ4n) is 3.89. The number of carbonyl (C=O) groups is 4. The van der Waals surface area contributed by atoms with Gasteiger partial charge in [-0.15, -0.1) is 0 Å². The summed E-state index contributed by atoms with van der Waals surface area (Å²) in [6.45, 7) is 3.15. The monoisotopic (exact) mass is 479 g/mol. The van der Waals surface area contributed by atoms with Gasteiger partial charge in [0.1, 0.15) is 18.8 Å². The number of carbonyl (C=O) groups excluding carboxylic acids is 4. The molecule has 0 aliphatic carbocycles. The fourth-order valence-corrected chi connectivity index (χ4v) is 3.89. The standard InChI is InChI=1S/C24H33NO9/c1-3-9-24(2,34-23(31)22(30)32-15-17-7-5-4-6-8-17)13-19(27)16-33-21(29)18-12-20(28)25(14-18)10-11-26/h4-8,18-19,26-27H,3,9-16H2,1-2H3. The number of hydrogen-bond donors (Lipinski definition) is 2. The molecule has 1 aromatic carbocycles. The van der Waals surface area contributed by atoms with Crippen molar-refractivity contribution in [3.8, 4) is 0 Å². The summed E-state index contributed by atoms with van der Waals surface area (Å²) in [7, 11) is 0. The molecule has 1 heterocycles. The number of likely N-dealkylation sites (tertiary alicyclic amines) is 1.